The van der Waals surface area contributed by atoms with Crippen LogP contribution in [0.1, 0.15) is 43.2 Å². The molecule has 2 heterocycles. The molecule has 0 spiro atoms. The van der Waals surface area contributed by atoms with Crippen molar-refractivity contribution in [3.63, 3.8) is 0 Å². The Bertz CT molecular complexity index is 1070. The summed E-state index contributed by atoms with van der Waals surface area (Å²) in [5.41, 5.74) is 2.60. The monoisotopic (exact) mass is 499 g/mol. The van der Waals surface area contributed by atoms with Gasteiger partial charge in [0.05, 0.1) is 11.4 Å². The smallest absolute Gasteiger partial charge is 0.243 e. The molecule has 2 aliphatic heterocycles. The van der Waals surface area contributed by atoms with Crippen molar-refractivity contribution in [2.75, 3.05) is 39.3 Å². The van der Waals surface area contributed by atoms with Gasteiger partial charge in [-0.15, -0.1) is 0 Å². The number of rotatable bonds is 9. The van der Waals surface area contributed by atoms with Gasteiger partial charge in [0.25, 0.3) is 0 Å². The van der Waals surface area contributed by atoms with Crippen molar-refractivity contribution in [2.45, 2.75) is 50.5 Å². The van der Waals surface area contributed by atoms with Crippen LogP contribution in [0.2, 0.25) is 0 Å². The standard InChI is InChI=1S/C27H37N3O4S/c1-22-6-5-7-23(20-22)21-29-17-12-24(13-18-29)27(31)28-14-19-34-25-8-10-26(11-9-25)35(32,33)30-15-3-2-4-16-30/h5-11,20,24H,2-4,12-19,21H2,1H3,(H,28,31). The Hall–Kier alpha value is -2.42. The highest BCUT2D eigenvalue weighted by Crippen LogP contribution is 2.23. The highest BCUT2D eigenvalue weighted by molar-refractivity contribution is 7.89. The van der Waals surface area contributed by atoms with Crippen LogP contribution in [0.4, 0.5) is 0 Å². The van der Waals surface area contributed by atoms with Gasteiger partial charge in [-0.05, 0) is 75.5 Å². The van der Waals surface area contributed by atoms with Crippen LogP contribution in [-0.4, -0.2) is 62.9 Å². The fourth-order valence-electron chi connectivity index (χ4n) is 4.87. The van der Waals surface area contributed by atoms with E-state index in [1.54, 1.807) is 28.6 Å². The number of piperidine rings is 2. The van der Waals surface area contributed by atoms with Crippen LogP contribution in [-0.2, 0) is 21.4 Å². The zero-order valence-corrected chi connectivity index (χ0v) is 21.4. The van der Waals surface area contributed by atoms with Crippen LogP contribution in [0.15, 0.2) is 53.4 Å². The summed E-state index contributed by atoms with van der Waals surface area (Å²) < 4.78 is 32.8. The van der Waals surface area contributed by atoms with E-state index in [1.165, 1.54) is 11.1 Å². The number of ether oxygens (including phenoxy) is 1. The molecule has 2 aromatic carbocycles. The molecule has 8 heteroatoms. The third kappa shape index (κ3) is 7.06. The quantitative estimate of drug-likeness (QED) is 0.534. The molecule has 1 amide bonds. The number of benzene rings is 2. The molecule has 0 aromatic heterocycles. The molecule has 0 bridgehead atoms. The lowest BCUT2D eigenvalue weighted by molar-refractivity contribution is -0.126. The van der Waals surface area contributed by atoms with E-state index in [1.807, 2.05) is 0 Å². The first kappa shape index (κ1) is 25.7. The molecular formula is C27H37N3O4S. The normalized spacial score (nSPS) is 18.3. The second-order valence-electron chi connectivity index (χ2n) is 9.62. The Labute approximate surface area is 209 Å². The van der Waals surface area contributed by atoms with Crippen LogP contribution in [0, 0.1) is 12.8 Å². The van der Waals surface area contributed by atoms with Gasteiger partial charge in [0.1, 0.15) is 12.4 Å². The average Bonchev–Trinajstić information content (AvgIpc) is 2.88. The summed E-state index contributed by atoms with van der Waals surface area (Å²) in [6.45, 7) is 6.84. The molecule has 2 aliphatic rings. The maximum Gasteiger partial charge on any atom is 0.243 e. The molecule has 2 aromatic rings. The third-order valence-corrected chi connectivity index (χ3v) is 8.81. The lowest BCUT2D eigenvalue weighted by Crippen LogP contribution is -2.41. The maximum absolute atomic E-state index is 12.7. The second-order valence-corrected chi connectivity index (χ2v) is 11.6. The molecule has 0 aliphatic carbocycles. The average molecular weight is 500 g/mol. The Morgan fingerprint density at radius 1 is 1.00 bits per heavy atom. The first-order valence-electron chi connectivity index (χ1n) is 12.7. The molecule has 2 fully saturated rings. The van der Waals surface area contributed by atoms with Gasteiger partial charge in [-0.1, -0.05) is 36.2 Å². The largest absolute Gasteiger partial charge is 0.492 e. The van der Waals surface area contributed by atoms with E-state index in [0.717, 1.165) is 51.7 Å². The maximum atomic E-state index is 12.7. The molecule has 1 N–H and O–H groups in total. The Morgan fingerprint density at radius 3 is 2.40 bits per heavy atom. The molecule has 2 saturated heterocycles. The minimum Gasteiger partial charge on any atom is -0.492 e. The zero-order valence-electron chi connectivity index (χ0n) is 20.6. The molecular weight excluding hydrogens is 462 g/mol. The topological polar surface area (TPSA) is 79.0 Å². The summed E-state index contributed by atoms with van der Waals surface area (Å²) in [5.74, 6) is 0.733. The van der Waals surface area contributed by atoms with Crippen molar-refractivity contribution >= 4 is 15.9 Å². The Morgan fingerprint density at radius 2 is 1.71 bits per heavy atom. The van der Waals surface area contributed by atoms with E-state index in [-0.39, 0.29) is 11.8 Å². The third-order valence-electron chi connectivity index (χ3n) is 6.89. The summed E-state index contributed by atoms with van der Waals surface area (Å²) in [5, 5.41) is 2.99. The fraction of sp³-hybridized carbons (Fsp3) is 0.519. The van der Waals surface area contributed by atoms with E-state index < -0.39 is 10.0 Å². The van der Waals surface area contributed by atoms with Gasteiger partial charge >= 0.3 is 0 Å². The van der Waals surface area contributed by atoms with Crippen LogP contribution < -0.4 is 10.1 Å². The van der Waals surface area contributed by atoms with Crippen molar-refractivity contribution in [1.82, 2.24) is 14.5 Å². The number of carbonyl (C=O) groups is 1. The van der Waals surface area contributed by atoms with Gasteiger partial charge in [0.2, 0.25) is 15.9 Å². The van der Waals surface area contributed by atoms with Crippen molar-refractivity contribution in [3.8, 4) is 5.75 Å². The summed E-state index contributed by atoms with van der Waals surface area (Å²) in [4.78, 5) is 15.3. The Balaban J connectivity index is 1.15. The number of sulfonamides is 1. The van der Waals surface area contributed by atoms with Crippen LogP contribution in [0.5, 0.6) is 5.75 Å². The Kier molecular flexibility index (Phi) is 8.81. The van der Waals surface area contributed by atoms with Gasteiger partial charge in [0.15, 0.2) is 0 Å². The number of nitrogens with zero attached hydrogens (tertiary/aromatic N) is 2. The van der Waals surface area contributed by atoms with Crippen molar-refractivity contribution in [3.05, 3.63) is 59.7 Å². The van der Waals surface area contributed by atoms with E-state index in [9.17, 15) is 13.2 Å². The van der Waals surface area contributed by atoms with Gasteiger partial charge in [-0.2, -0.15) is 4.31 Å². The van der Waals surface area contributed by atoms with Gasteiger partial charge in [-0.25, -0.2) is 8.42 Å². The van der Waals surface area contributed by atoms with Gasteiger partial charge < -0.3 is 10.1 Å². The first-order chi connectivity index (χ1) is 16.9. The van der Waals surface area contributed by atoms with Crippen molar-refractivity contribution < 1.29 is 17.9 Å². The summed E-state index contributed by atoms with van der Waals surface area (Å²) in [6.07, 6.45) is 4.65. The number of nitrogens with one attached hydrogen (secondary N) is 1. The van der Waals surface area contributed by atoms with E-state index in [0.29, 0.717) is 36.9 Å². The number of aryl methyl sites for hydroxylation is 1. The highest BCUT2D eigenvalue weighted by atomic mass is 32.2. The molecule has 4 rings (SSSR count). The lowest BCUT2D eigenvalue weighted by atomic mass is 9.95. The van der Waals surface area contributed by atoms with E-state index in [2.05, 4.69) is 41.4 Å². The molecule has 0 atom stereocenters. The number of amides is 1. The molecule has 0 saturated carbocycles. The second kappa shape index (κ2) is 12.0. The predicted molar refractivity (Wildman–Crippen MR) is 137 cm³/mol. The van der Waals surface area contributed by atoms with E-state index >= 15 is 0 Å². The summed E-state index contributed by atoms with van der Waals surface area (Å²) in [7, 11) is -3.43. The van der Waals surface area contributed by atoms with Crippen LogP contribution in [0.3, 0.4) is 0 Å². The number of likely N-dealkylation sites (tertiary alicyclic amines) is 1. The van der Waals surface area contributed by atoms with Crippen LogP contribution in [0.25, 0.3) is 0 Å². The fourth-order valence-corrected chi connectivity index (χ4v) is 6.39. The van der Waals surface area contributed by atoms with Crippen molar-refractivity contribution in [1.29, 1.82) is 0 Å². The predicted octanol–water partition coefficient (Wildman–Crippen LogP) is 3.58. The summed E-state index contributed by atoms with van der Waals surface area (Å²) in [6, 6.07) is 15.2. The molecule has 190 valence electrons. The first-order valence-corrected chi connectivity index (χ1v) is 14.1. The van der Waals surface area contributed by atoms with Crippen molar-refractivity contribution in [2.24, 2.45) is 5.92 Å². The molecule has 7 nitrogen and oxygen atoms in total. The molecule has 35 heavy (non-hydrogen) atoms. The minimum absolute atomic E-state index is 0.0445. The van der Waals surface area contributed by atoms with E-state index in [4.69, 9.17) is 4.74 Å². The minimum atomic E-state index is -3.43. The zero-order chi connectivity index (χ0) is 24.7. The highest BCUT2D eigenvalue weighted by Gasteiger charge is 2.26. The number of carbonyl (C=O) groups excluding carboxylic acids is 1. The number of hydrogen-bond acceptors (Lipinski definition) is 5. The van der Waals surface area contributed by atoms with Crippen LogP contribution >= 0.6 is 0 Å². The SMILES string of the molecule is Cc1cccc(CN2CCC(C(=O)NCCOc3ccc(S(=O)(=O)N4CCCCC4)cc3)CC2)c1. The molecule has 0 unspecified atom stereocenters. The summed E-state index contributed by atoms with van der Waals surface area (Å²) >= 11 is 0. The van der Waals surface area contributed by atoms with Gasteiger partial charge in [0, 0.05) is 25.6 Å². The lowest BCUT2D eigenvalue weighted by Gasteiger charge is -2.31. The molecule has 0 radical (unpaired) electrons. The number of hydrogen-bond donors (Lipinski definition) is 1. The van der Waals surface area contributed by atoms with Gasteiger partial charge in [-0.3, -0.25) is 9.69 Å².